The van der Waals surface area contributed by atoms with E-state index in [1.807, 2.05) is 0 Å². The summed E-state index contributed by atoms with van der Waals surface area (Å²) in [6, 6.07) is 9.24. The molecule has 102 valence electrons. The van der Waals surface area contributed by atoms with E-state index in [1.165, 1.54) is 17.5 Å². The topological polar surface area (TPSA) is 21.3 Å². The molecule has 2 nitrogen and oxygen atoms in total. The van der Waals surface area contributed by atoms with E-state index in [1.54, 1.807) is 7.11 Å². The molecule has 0 aliphatic carbocycles. The average Bonchev–Trinajstić information content (AvgIpc) is 2.38. The van der Waals surface area contributed by atoms with Gasteiger partial charge in [0.25, 0.3) is 0 Å². The van der Waals surface area contributed by atoms with Crippen LogP contribution < -0.4 is 5.32 Å². The van der Waals surface area contributed by atoms with Gasteiger partial charge in [-0.1, -0.05) is 36.8 Å². The van der Waals surface area contributed by atoms with E-state index < -0.39 is 0 Å². The molecule has 0 fully saturated rings. The largest absolute Gasteiger partial charge is 0.382 e. The van der Waals surface area contributed by atoms with Crippen LogP contribution in [-0.2, 0) is 4.74 Å². The minimum Gasteiger partial charge on any atom is -0.382 e. The van der Waals surface area contributed by atoms with Gasteiger partial charge < -0.3 is 10.1 Å². The van der Waals surface area contributed by atoms with Crippen LogP contribution in [0.1, 0.15) is 50.3 Å². The molecule has 1 rings (SSSR count). The van der Waals surface area contributed by atoms with Crippen molar-refractivity contribution in [2.24, 2.45) is 0 Å². The van der Waals surface area contributed by atoms with Gasteiger partial charge in [-0.15, -0.1) is 0 Å². The zero-order valence-corrected chi connectivity index (χ0v) is 12.2. The first-order valence-electron chi connectivity index (χ1n) is 7.00. The summed E-state index contributed by atoms with van der Waals surface area (Å²) in [5.41, 5.74) is 2.72. The van der Waals surface area contributed by atoms with Crippen LogP contribution in [0.3, 0.4) is 0 Å². The Hall–Kier alpha value is -0.860. The molecule has 2 unspecified atom stereocenters. The van der Waals surface area contributed by atoms with Gasteiger partial charge in [-0.2, -0.15) is 0 Å². The van der Waals surface area contributed by atoms with Gasteiger partial charge in [-0.3, -0.25) is 0 Å². The first kappa shape index (κ1) is 15.2. The third-order valence-corrected chi connectivity index (χ3v) is 3.35. The second-order valence-corrected chi connectivity index (χ2v) is 5.04. The van der Waals surface area contributed by atoms with Crippen molar-refractivity contribution in [3.05, 3.63) is 35.4 Å². The Bertz CT molecular complexity index is 338. The minimum atomic E-state index is 0.334. The SMILES string of the molecule is CCCNC(CCC(C)OC)c1cccc(C)c1. The quantitative estimate of drug-likeness (QED) is 0.755. The third-order valence-electron chi connectivity index (χ3n) is 3.35. The number of nitrogens with one attached hydrogen (secondary N) is 1. The Morgan fingerprint density at radius 2 is 2.06 bits per heavy atom. The van der Waals surface area contributed by atoms with Crippen LogP contribution in [0.2, 0.25) is 0 Å². The first-order chi connectivity index (χ1) is 8.67. The Labute approximate surface area is 112 Å². The van der Waals surface area contributed by atoms with Crippen LogP contribution in [0, 0.1) is 6.92 Å². The van der Waals surface area contributed by atoms with Crippen molar-refractivity contribution in [1.82, 2.24) is 5.32 Å². The third kappa shape index (κ3) is 5.19. The van der Waals surface area contributed by atoms with E-state index in [0.717, 1.165) is 19.4 Å². The van der Waals surface area contributed by atoms with Crippen molar-refractivity contribution in [3.8, 4) is 0 Å². The lowest BCUT2D eigenvalue weighted by Crippen LogP contribution is -2.23. The Morgan fingerprint density at radius 3 is 2.67 bits per heavy atom. The van der Waals surface area contributed by atoms with Crippen molar-refractivity contribution in [2.75, 3.05) is 13.7 Å². The standard InChI is InChI=1S/C16H27NO/c1-5-11-17-16(10-9-14(3)18-4)15-8-6-7-13(2)12-15/h6-8,12,14,16-17H,5,9-11H2,1-4H3. The number of hydrogen-bond acceptors (Lipinski definition) is 2. The number of rotatable bonds is 8. The summed E-state index contributed by atoms with van der Waals surface area (Å²) in [4.78, 5) is 0. The second kappa shape index (κ2) is 8.28. The van der Waals surface area contributed by atoms with Gasteiger partial charge >= 0.3 is 0 Å². The van der Waals surface area contributed by atoms with Crippen molar-refractivity contribution in [1.29, 1.82) is 0 Å². The Kier molecular flexibility index (Phi) is 6.99. The van der Waals surface area contributed by atoms with Crippen molar-refractivity contribution in [2.45, 2.75) is 52.2 Å². The lowest BCUT2D eigenvalue weighted by molar-refractivity contribution is 0.106. The van der Waals surface area contributed by atoms with Gasteiger partial charge in [0.2, 0.25) is 0 Å². The smallest absolute Gasteiger partial charge is 0.0543 e. The molecule has 0 aromatic heterocycles. The number of hydrogen-bond donors (Lipinski definition) is 1. The first-order valence-corrected chi connectivity index (χ1v) is 7.00. The molecule has 0 heterocycles. The fourth-order valence-corrected chi connectivity index (χ4v) is 2.11. The maximum Gasteiger partial charge on any atom is 0.0543 e. The van der Waals surface area contributed by atoms with Gasteiger partial charge in [0, 0.05) is 13.2 Å². The highest BCUT2D eigenvalue weighted by molar-refractivity contribution is 5.25. The summed E-state index contributed by atoms with van der Waals surface area (Å²) >= 11 is 0. The highest BCUT2D eigenvalue weighted by Gasteiger charge is 2.12. The van der Waals surface area contributed by atoms with E-state index in [9.17, 15) is 0 Å². The maximum absolute atomic E-state index is 5.34. The molecule has 18 heavy (non-hydrogen) atoms. The molecule has 0 aliphatic rings. The number of benzene rings is 1. The van der Waals surface area contributed by atoms with Crippen LogP contribution in [0.5, 0.6) is 0 Å². The number of ether oxygens (including phenoxy) is 1. The molecule has 0 aliphatic heterocycles. The van der Waals surface area contributed by atoms with Crippen molar-refractivity contribution >= 4 is 0 Å². The maximum atomic E-state index is 5.34. The molecule has 0 bridgehead atoms. The van der Waals surface area contributed by atoms with Gasteiger partial charge in [-0.05, 0) is 45.2 Å². The average molecular weight is 249 g/mol. The predicted molar refractivity (Wildman–Crippen MR) is 77.9 cm³/mol. The summed E-state index contributed by atoms with van der Waals surface area (Å²) < 4.78 is 5.34. The van der Waals surface area contributed by atoms with Gasteiger partial charge in [0.15, 0.2) is 0 Å². The Morgan fingerprint density at radius 1 is 1.28 bits per heavy atom. The lowest BCUT2D eigenvalue weighted by atomic mass is 9.99. The monoisotopic (exact) mass is 249 g/mol. The fraction of sp³-hybridized carbons (Fsp3) is 0.625. The molecular formula is C16H27NO. The molecular weight excluding hydrogens is 222 g/mol. The summed E-state index contributed by atoms with van der Waals surface area (Å²) in [5.74, 6) is 0. The predicted octanol–water partition coefficient (Wildman–Crippen LogP) is 3.85. The normalized spacial score (nSPS) is 14.4. The molecule has 1 aromatic rings. The summed E-state index contributed by atoms with van der Waals surface area (Å²) in [6.07, 6.45) is 3.72. The van der Waals surface area contributed by atoms with Crippen LogP contribution >= 0.6 is 0 Å². The molecule has 1 N–H and O–H groups in total. The summed E-state index contributed by atoms with van der Waals surface area (Å²) in [6.45, 7) is 7.56. The van der Waals surface area contributed by atoms with Crippen molar-refractivity contribution in [3.63, 3.8) is 0 Å². The van der Waals surface area contributed by atoms with E-state index >= 15 is 0 Å². The Balaban J connectivity index is 2.65. The van der Waals surface area contributed by atoms with E-state index in [-0.39, 0.29) is 0 Å². The van der Waals surface area contributed by atoms with Gasteiger partial charge in [-0.25, -0.2) is 0 Å². The molecule has 2 heteroatoms. The van der Waals surface area contributed by atoms with Crippen LogP contribution in [-0.4, -0.2) is 19.8 Å². The fourth-order valence-electron chi connectivity index (χ4n) is 2.11. The van der Waals surface area contributed by atoms with E-state index in [2.05, 4.69) is 50.4 Å². The van der Waals surface area contributed by atoms with Crippen LogP contribution in [0.4, 0.5) is 0 Å². The molecule has 1 aromatic carbocycles. The lowest BCUT2D eigenvalue weighted by Gasteiger charge is -2.21. The number of methoxy groups -OCH3 is 1. The summed E-state index contributed by atoms with van der Waals surface area (Å²) in [5, 5.41) is 3.64. The molecule has 0 radical (unpaired) electrons. The van der Waals surface area contributed by atoms with E-state index in [0.29, 0.717) is 12.1 Å². The molecule has 0 amide bonds. The van der Waals surface area contributed by atoms with Gasteiger partial charge in [0.1, 0.15) is 0 Å². The van der Waals surface area contributed by atoms with Crippen LogP contribution in [0.25, 0.3) is 0 Å². The highest BCUT2D eigenvalue weighted by atomic mass is 16.5. The zero-order valence-electron chi connectivity index (χ0n) is 12.2. The molecule has 0 spiro atoms. The van der Waals surface area contributed by atoms with Crippen molar-refractivity contribution < 1.29 is 4.74 Å². The second-order valence-electron chi connectivity index (χ2n) is 5.04. The summed E-state index contributed by atoms with van der Waals surface area (Å²) in [7, 11) is 1.78. The zero-order chi connectivity index (χ0) is 13.4. The molecule has 0 saturated carbocycles. The molecule has 0 saturated heterocycles. The van der Waals surface area contributed by atoms with Crippen LogP contribution in [0.15, 0.2) is 24.3 Å². The minimum absolute atomic E-state index is 0.334. The number of aryl methyl sites for hydroxylation is 1. The van der Waals surface area contributed by atoms with Gasteiger partial charge in [0.05, 0.1) is 6.10 Å². The van der Waals surface area contributed by atoms with E-state index in [4.69, 9.17) is 4.74 Å². The highest BCUT2D eigenvalue weighted by Crippen LogP contribution is 2.21. The molecule has 2 atom stereocenters.